The van der Waals surface area contributed by atoms with Crippen molar-refractivity contribution in [1.82, 2.24) is 0 Å². The van der Waals surface area contributed by atoms with Gasteiger partial charge in [-0.05, 0) is 53.2 Å². The number of carbonyl (C=O) groups is 1. The van der Waals surface area contributed by atoms with Gasteiger partial charge in [0.25, 0.3) is 5.91 Å². The number of halogens is 1. The van der Waals surface area contributed by atoms with Gasteiger partial charge in [-0.15, -0.1) is 11.3 Å². The molecule has 1 heterocycles. The topological polar surface area (TPSA) is 32.3 Å². The SMILES string of the molecule is CN(C)c1ccc(C(=O)Nc2ccc3sccc3c2)cc1F. The Morgan fingerprint density at radius 1 is 1.14 bits per heavy atom. The highest BCUT2D eigenvalue weighted by Gasteiger charge is 2.11. The summed E-state index contributed by atoms with van der Waals surface area (Å²) in [4.78, 5) is 13.9. The molecule has 0 saturated heterocycles. The maximum atomic E-state index is 13.9. The summed E-state index contributed by atoms with van der Waals surface area (Å²) in [6, 6.07) is 12.2. The molecule has 0 aliphatic carbocycles. The average Bonchev–Trinajstić information content (AvgIpc) is 2.94. The zero-order valence-electron chi connectivity index (χ0n) is 12.3. The average molecular weight is 314 g/mol. The van der Waals surface area contributed by atoms with Gasteiger partial charge in [-0.2, -0.15) is 0 Å². The standard InChI is InChI=1S/C17H15FN2OS/c1-20(2)15-5-3-12(10-14(15)18)17(21)19-13-4-6-16-11(9-13)7-8-22-16/h3-10H,1-2H3,(H,19,21). The Bertz CT molecular complexity index is 842. The van der Waals surface area contributed by atoms with Crippen molar-refractivity contribution in [2.75, 3.05) is 24.3 Å². The van der Waals surface area contributed by atoms with Gasteiger partial charge in [-0.25, -0.2) is 4.39 Å². The van der Waals surface area contributed by atoms with Crippen molar-refractivity contribution in [3.63, 3.8) is 0 Å². The summed E-state index contributed by atoms with van der Waals surface area (Å²) < 4.78 is 15.1. The lowest BCUT2D eigenvalue weighted by Gasteiger charge is -2.14. The molecule has 0 saturated carbocycles. The summed E-state index contributed by atoms with van der Waals surface area (Å²) in [6.07, 6.45) is 0. The number of nitrogens with zero attached hydrogens (tertiary/aromatic N) is 1. The van der Waals surface area contributed by atoms with Gasteiger partial charge in [-0.3, -0.25) is 4.79 Å². The van der Waals surface area contributed by atoms with Crippen molar-refractivity contribution in [2.24, 2.45) is 0 Å². The third-order valence-electron chi connectivity index (χ3n) is 3.40. The van der Waals surface area contributed by atoms with E-state index in [4.69, 9.17) is 0 Å². The number of hydrogen-bond donors (Lipinski definition) is 1. The zero-order chi connectivity index (χ0) is 15.7. The monoisotopic (exact) mass is 314 g/mol. The Kier molecular flexibility index (Phi) is 3.81. The van der Waals surface area contributed by atoms with Crippen LogP contribution in [0.5, 0.6) is 0 Å². The van der Waals surface area contributed by atoms with Crippen LogP contribution in [0.15, 0.2) is 47.8 Å². The first-order chi connectivity index (χ1) is 10.5. The fraction of sp³-hybridized carbons (Fsp3) is 0.118. The van der Waals surface area contributed by atoms with Crippen LogP contribution < -0.4 is 10.2 Å². The minimum absolute atomic E-state index is 0.300. The van der Waals surface area contributed by atoms with Crippen LogP contribution >= 0.6 is 11.3 Å². The molecule has 1 aromatic heterocycles. The predicted octanol–water partition coefficient (Wildman–Crippen LogP) is 4.36. The minimum Gasteiger partial charge on any atom is -0.375 e. The van der Waals surface area contributed by atoms with Crippen LogP contribution in [-0.4, -0.2) is 20.0 Å². The second-order valence-corrected chi connectivity index (χ2v) is 6.14. The second kappa shape index (κ2) is 5.77. The molecule has 112 valence electrons. The molecule has 3 nitrogen and oxygen atoms in total. The highest BCUT2D eigenvalue weighted by molar-refractivity contribution is 7.17. The molecular weight excluding hydrogens is 299 g/mol. The lowest BCUT2D eigenvalue weighted by molar-refractivity contribution is 0.102. The molecule has 22 heavy (non-hydrogen) atoms. The van der Waals surface area contributed by atoms with Crippen LogP contribution in [0.4, 0.5) is 15.8 Å². The number of rotatable bonds is 3. The molecule has 1 N–H and O–H groups in total. The number of benzene rings is 2. The van der Waals surface area contributed by atoms with E-state index in [-0.39, 0.29) is 5.91 Å². The van der Waals surface area contributed by atoms with E-state index >= 15 is 0 Å². The van der Waals surface area contributed by atoms with Gasteiger partial charge in [0.2, 0.25) is 0 Å². The van der Waals surface area contributed by atoms with Crippen molar-refractivity contribution >= 4 is 38.7 Å². The highest BCUT2D eigenvalue weighted by atomic mass is 32.1. The van der Waals surface area contributed by atoms with Crippen molar-refractivity contribution < 1.29 is 9.18 Å². The summed E-state index contributed by atoms with van der Waals surface area (Å²) in [7, 11) is 3.52. The Morgan fingerprint density at radius 2 is 1.95 bits per heavy atom. The number of carbonyl (C=O) groups excluding carboxylic acids is 1. The van der Waals surface area contributed by atoms with Gasteiger partial charge in [0.1, 0.15) is 5.82 Å². The molecular formula is C17H15FN2OS. The number of thiophene rings is 1. The van der Waals surface area contributed by atoms with E-state index in [1.54, 1.807) is 42.5 Å². The number of anilines is 2. The Balaban J connectivity index is 1.83. The third-order valence-corrected chi connectivity index (χ3v) is 4.30. The van der Waals surface area contributed by atoms with Gasteiger partial charge in [-0.1, -0.05) is 0 Å². The number of amides is 1. The first-order valence-corrected chi connectivity index (χ1v) is 7.68. The van der Waals surface area contributed by atoms with E-state index in [0.29, 0.717) is 16.9 Å². The van der Waals surface area contributed by atoms with Crippen LogP contribution in [-0.2, 0) is 0 Å². The number of fused-ring (bicyclic) bond motifs is 1. The third kappa shape index (κ3) is 2.80. The van der Waals surface area contributed by atoms with Gasteiger partial charge in [0.05, 0.1) is 5.69 Å². The summed E-state index contributed by atoms with van der Waals surface area (Å²) in [5.74, 6) is -0.732. The van der Waals surface area contributed by atoms with E-state index in [0.717, 1.165) is 5.39 Å². The molecule has 0 radical (unpaired) electrons. The number of hydrogen-bond acceptors (Lipinski definition) is 3. The van der Waals surface area contributed by atoms with Crippen molar-refractivity contribution in [3.05, 3.63) is 59.2 Å². The number of nitrogens with one attached hydrogen (secondary N) is 1. The smallest absolute Gasteiger partial charge is 0.255 e. The zero-order valence-corrected chi connectivity index (χ0v) is 13.1. The maximum Gasteiger partial charge on any atom is 0.255 e. The summed E-state index contributed by atoms with van der Waals surface area (Å²) >= 11 is 1.65. The quantitative estimate of drug-likeness (QED) is 0.779. The molecule has 3 rings (SSSR count). The normalized spacial score (nSPS) is 10.7. The van der Waals surface area contributed by atoms with Gasteiger partial charge in [0, 0.05) is 30.0 Å². The van der Waals surface area contributed by atoms with Crippen molar-refractivity contribution in [2.45, 2.75) is 0 Å². The molecule has 0 fully saturated rings. The molecule has 3 aromatic rings. The molecule has 0 aliphatic heterocycles. The first kappa shape index (κ1) is 14.5. The van der Waals surface area contributed by atoms with E-state index in [1.165, 1.54) is 10.8 Å². The maximum absolute atomic E-state index is 13.9. The van der Waals surface area contributed by atoms with Crippen molar-refractivity contribution in [3.8, 4) is 0 Å². The van der Waals surface area contributed by atoms with Gasteiger partial charge < -0.3 is 10.2 Å². The van der Waals surface area contributed by atoms with Crippen LogP contribution in [0.2, 0.25) is 0 Å². The lowest BCUT2D eigenvalue weighted by atomic mass is 10.1. The van der Waals surface area contributed by atoms with E-state index in [1.807, 2.05) is 29.6 Å². The molecule has 0 atom stereocenters. The van der Waals surface area contributed by atoms with E-state index in [9.17, 15) is 9.18 Å². The van der Waals surface area contributed by atoms with Gasteiger partial charge in [0.15, 0.2) is 0 Å². The molecule has 2 aromatic carbocycles. The predicted molar refractivity (Wildman–Crippen MR) is 90.5 cm³/mol. The highest BCUT2D eigenvalue weighted by Crippen LogP contribution is 2.25. The van der Waals surface area contributed by atoms with Crippen LogP contribution in [0, 0.1) is 5.82 Å². The first-order valence-electron chi connectivity index (χ1n) is 6.80. The summed E-state index contributed by atoms with van der Waals surface area (Å²) in [5.41, 5.74) is 1.46. The largest absolute Gasteiger partial charge is 0.375 e. The lowest BCUT2D eigenvalue weighted by Crippen LogP contribution is -2.14. The van der Waals surface area contributed by atoms with Crippen LogP contribution in [0.25, 0.3) is 10.1 Å². The minimum atomic E-state index is -0.411. The van der Waals surface area contributed by atoms with E-state index in [2.05, 4.69) is 5.32 Å². The fourth-order valence-corrected chi connectivity index (χ4v) is 3.03. The molecule has 5 heteroatoms. The molecule has 0 aliphatic rings. The summed E-state index contributed by atoms with van der Waals surface area (Å²) in [6.45, 7) is 0. The molecule has 0 unspecified atom stereocenters. The van der Waals surface area contributed by atoms with Gasteiger partial charge >= 0.3 is 0 Å². The Hall–Kier alpha value is -2.40. The Labute approximate surface area is 132 Å². The van der Waals surface area contributed by atoms with Crippen molar-refractivity contribution in [1.29, 1.82) is 0 Å². The summed E-state index contributed by atoms with van der Waals surface area (Å²) in [5, 5.41) is 5.89. The van der Waals surface area contributed by atoms with E-state index < -0.39 is 5.82 Å². The molecule has 1 amide bonds. The fourth-order valence-electron chi connectivity index (χ4n) is 2.26. The Morgan fingerprint density at radius 3 is 2.68 bits per heavy atom. The van der Waals surface area contributed by atoms with Crippen LogP contribution in [0.3, 0.4) is 0 Å². The second-order valence-electron chi connectivity index (χ2n) is 5.19. The van der Waals surface area contributed by atoms with Crippen LogP contribution in [0.1, 0.15) is 10.4 Å². The molecule has 0 spiro atoms. The molecule has 0 bridgehead atoms.